The third kappa shape index (κ3) is 3.32. The van der Waals surface area contributed by atoms with Gasteiger partial charge in [0.05, 0.1) is 4.90 Å². The van der Waals surface area contributed by atoms with Gasteiger partial charge in [0.25, 0.3) is 10.1 Å². The lowest BCUT2D eigenvalue weighted by molar-refractivity contribution is -0.216. The highest BCUT2D eigenvalue weighted by Gasteiger charge is 2.50. The number of halogens is 3. The van der Waals surface area contributed by atoms with E-state index in [2.05, 4.69) is 4.18 Å². The molecule has 0 heterocycles. The van der Waals surface area contributed by atoms with Crippen molar-refractivity contribution in [2.24, 2.45) is 5.92 Å². The molecule has 112 valence electrons. The third-order valence-corrected chi connectivity index (χ3v) is 4.75. The Bertz CT molecular complexity index is 560. The van der Waals surface area contributed by atoms with Crippen molar-refractivity contribution in [3.8, 4) is 0 Å². The van der Waals surface area contributed by atoms with Crippen LogP contribution in [-0.4, -0.2) is 20.7 Å². The zero-order chi connectivity index (χ0) is 15.0. The van der Waals surface area contributed by atoms with E-state index < -0.39 is 28.3 Å². The fourth-order valence-electron chi connectivity index (χ4n) is 2.04. The molecule has 0 saturated heterocycles. The summed E-state index contributed by atoms with van der Waals surface area (Å²) in [5, 5.41) is 0. The van der Waals surface area contributed by atoms with Crippen LogP contribution in [-0.2, 0) is 14.3 Å². The van der Waals surface area contributed by atoms with Crippen LogP contribution in [0.4, 0.5) is 13.2 Å². The lowest BCUT2D eigenvalue weighted by atomic mass is 9.81. The smallest absolute Gasteiger partial charge is 0.253 e. The average molecular weight is 308 g/mol. The van der Waals surface area contributed by atoms with Crippen molar-refractivity contribution in [1.29, 1.82) is 0 Å². The minimum absolute atomic E-state index is 0.253. The number of aryl methyl sites for hydroxylation is 1. The van der Waals surface area contributed by atoms with Crippen LogP contribution in [0, 0.1) is 12.8 Å². The maximum absolute atomic E-state index is 12.9. The first-order valence-corrected chi connectivity index (χ1v) is 7.67. The first-order chi connectivity index (χ1) is 9.20. The Balaban J connectivity index is 2.22. The van der Waals surface area contributed by atoms with Gasteiger partial charge in [0.15, 0.2) is 6.10 Å². The lowest BCUT2D eigenvalue weighted by Gasteiger charge is -2.33. The van der Waals surface area contributed by atoms with Gasteiger partial charge in [-0.1, -0.05) is 24.1 Å². The van der Waals surface area contributed by atoms with Crippen molar-refractivity contribution in [2.75, 3.05) is 0 Å². The van der Waals surface area contributed by atoms with Gasteiger partial charge in [-0.3, -0.25) is 4.18 Å². The number of hydrogen-bond acceptors (Lipinski definition) is 3. The quantitative estimate of drug-likeness (QED) is 0.800. The Morgan fingerprint density at radius 1 is 1.20 bits per heavy atom. The Morgan fingerprint density at radius 3 is 2.15 bits per heavy atom. The van der Waals surface area contributed by atoms with Crippen LogP contribution in [0.2, 0.25) is 0 Å². The molecule has 1 aliphatic rings. The van der Waals surface area contributed by atoms with Gasteiger partial charge in [-0.25, -0.2) is 0 Å². The van der Waals surface area contributed by atoms with Gasteiger partial charge in [-0.15, -0.1) is 0 Å². The van der Waals surface area contributed by atoms with E-state index in [9.17, 15) is 21.6 Å². The van der Waals surface area contributed by atoms with E-state index in [4.69, 9.17) is 0 Å². The largest absolute Gasteiger partial charge is 0.416 e. The molecule has 1 aromatic rings. The summed E-state index contributed by atoms with van der Waals surface area (Å²) in [5.41, 5.74) is 0.815. The molecule has 3 nitrogen and oxygen atoms in total. The van der Waals surface area contributed by atoms with E-state index >= 15 is 0 Å². The second-order valence-corrected chi connectivity index (χ2v) is 6.59. The Labute approximate surface area is 115 Å². The average Bonchev–Trinajstić information content (AvgIpc) is 2.25. The van der Waals surface area contributed by atoms with E-state index in [0.29, 0.717) is 19.3 Å². The standard InChI is InChI=1S/C13H15F3O3S/c1-9-5-7-11(8-6-9)20(17,18)19-12(13(14,15)16)10-3-2-4-10/h5-8,10,12H,2-4H2,1H3. The molecule has 20 heavy (non-hydrogen) atoms. The zero-order valence-electron chi connectivity index (χ0n) is 10.9. The molecule has 1 atom stereocenters. The summed E-state index contributed by atoms with van der Waals surface area (Å²) in [4.78, 5) is -0.253. The number of alkyl halides is 3. The van der Waals surface area contributed by atoms with Crippen LogP contribution in [0.25, 0.3) is 0 Å². The van der Waals surface area contributed by atoms with Crippen molar-refractivity contribution >= 4 is 10.1 Å². The van der Waals surface area contributed by atoms with Gasteiger partial charge in [-0.2, -0.15) is 21.6 Å². The second kappa shape index (κ2) is 5.37. The van der Waals surface area contributed by atoms with Crippen molar-refractivity contribution < 1.29 is 25.8 Å². The molecule has 1 unspecified atom stereocenters. The molecule has 0 aromatic heterocycles. The highest BCUT2D eigenvalue weighted by atomic mass is 32.2. The summed E-state index contributed by atoms with van der Waals surface area (Å²) in [6.07, 6.45) is -5.57. The van der Waals surface area contributed by atoms with Gasteiger partial charge in [0.1, 0.15) is 0 Å². The number of rotatable bonds is 4. The molecule has 1 fully saturated rings. The molecule has 1 aromatic carbocycles. The maximum Gasteiger partial charge on any atom is 0.416 e. The van der Waals surface area contributed by atoms with Crippen LogP contribution in [0.15, 0.2) is 29.2 Å². The minimum atomic E-state index is -4.68. The fraction of sp³-hybridized carbons (Fsp3) is 0.538. The van der Waals surface area contributed by atoms with Gasteiger partial charge < -0.3 is 0 Å². The predicted molar refractivity (Wildman–Crippen MR) is 66.6 cm³/mol. The van der Waals surface area contributed by atoms with Crippen LogP contribution in [0.1, 0.15) is 24.8 Å². The van der Waals surface area contributed by atoms with Crippen molar-refractivity contribution in [2.45, 2.75) is 43.4 Å². The lowest BCUT2D eigenvalue weighted by Crippen LogP contribution is -2.42. The first kappa shape index (κ1) is 15.3. The first-order valence-electron chi connectivity index (χ1n) is 6.27. The van der Waals surface area contributed by atoms with Crippen LogP contribution < -0.4 is 0 Å². The highest BCUT2D eigenvalue weighted by molar-refractivity contribution is 7.86. The Kier molecular flexibility index (Phi) is 4.11. The predicted octanol–water partition coefficient (Wildman–Crippen LogP) is 3.43. The molecular formula is C13H15F3O3S. The molecule has 0 amide bonds. The SMILES string of the molecule is Cc1ccc(S(=O)(=O)OC(C2CCC2)C(F)(F)F)cc1. The molecule has 2 rings (SSSR count). The van der Waals surface area contributed by atoms with E-state index in [0.717, 1.165) is 5.56 Å². The van der Waals surface area contributed by atoms with Crippen molar-refractivity contribution in [3.63, 3.8) is 0 Å². The molecule has 0 radical (unpaired) electrons. The monoisotopic (exact) mass is 308 g/mol. The van der Waals surface area contributed by atoms with E-state index in [1.807, 2.05) is 0 Å². The highest BCUT2D eigenvalue weighted by Crippen LogP contribution is 2.40. The van der Waals surface area contributed by atoms with Gasteiger partial charge in [-0.05, 0) is 37.8 Å². The minimum Gasteiger partial charge on any atom is -0.253 e. The molecule has 1 saturated carbocycles. The number of benzene rings is 1. The summed E-state index contributed by atoms with van der Waals surface area (Å²) in [5.74, 6) is -0.768. The third-order valence-electron chi connectivity index (χ3n) is 3.44. The molecule has 0 N–H and O–H groups in total. The van der Waals surface area contributed by atoms with Gasteiger partial charge in [0, 0.05) is 0 Å². The summed E-state index contributed by atoms with van der Waals surface area (Å²) in [6.45, 7) is 1.75. The van der Waals surface area contributed by atoms with Gasteiger partial charge >= 0.3 is 6.18 Å². The normalized spacial score (nSPS) is 18.6. The van der Waals surface area contributed by atoms with E-state index in [1.54, 1.807) is 6.92 Å². The van der Waals surface area contributed by atoms with E-state index in [-0.39, 0.29) is 4.90 Å². The Hall–Kier alpha value is -1.08. The van der Waals surface area contributed by atoms with Crippen LogP contribution >= 0.6 is 0 Å². The summed E-state index contributed by atoms with van der Waals surface area (Å²) >= 11 is 0. The summed E-state index contributed by atoms with van der Waals surface area (Å²) in [6, 6.07) is 5.53. The van der Waals surface area contributed by atoms with Crippen LogP contribution in [0.5, 0.6) is 0 Å². The van der Waals surface area contributed by atoms with Gasteiger partial charge in [0.2, 0.25) is 0 Å². The zero-order valence-corrected chi connectivity index (χ0v) is 11.7. The molecule has 0 aliphatic heterocycles. The maximum atomic E-state index is 12.9. The molecular weight excluding hydrogens is 293 g/mol. The molecule has 0 bridgehead atoms. The molecule has 1 aliphatic carbocycles. The Morgan fingerprint density at radius 2 is 1.75 bits per heavy atom. The summed E-state index contributed by atoms with van der Waals surface area (Å²) in [7, 11) is -4.40. The molecule has 0 spiro atoms. The fourth-order valence-corrected chi connectivity index (χ4v) is 3.16. The number of hydrogen-bond donors (Lipinski definition) is 0. The second-order valence-electron chi connectivity index (χ2n) is 5.02. The molecule has 7 heteroatoms. The summed E-state index contributed by atoms with van der Waals surface area (Å²) < 4.78 is 67.1. The topological polar surface area (TPSA) is 43.4 Å². The van der Waals surface area contributed by atoms with Crippen LogP contribution in [0.3, 0.4) is 0 Å². The van der Waals surface area contributed by atoms with Crippen molar-refractivity contribution in [1.82, 2.24) is 0 Å². The van der Waals surface area contributed by atoms with Crippen molar-refractivity contribution in [3.05, 3.63) is 29.8 Å². The van der Waals surface area contributed by atoms with E-state index in [1.165, 1.54) is 24.3 Å².